The zero-order chi connectivity index (χ0) is 28.9. The maximum absolute atomic E-state index is 13.7. The molecule has 0 saturated carbocycles. The van der Waals surface area contributed by atoms with Crippen LogP contribution in [0.2, 0.25) is 0 Å². The molecule has 4 rings (SSSR count). The van der Waals surface area contributed by atoms with Gasteiger partial charge in [-0.05, 0) is 36.1 Å². The molecular weight excluding hydrogens is 523 g/mol. The first-order valence-corrected chi connectivity index (χ1v) is 12.8. The molecule has 1 aromatic carbocycles. The van der Waals surface area contributed by atoms with Gasteiger partial charge in [0.25, 0.3) is 5.91 Å². The Bertz CT molecular complexity index is 1530. The Morgan fingerprint density at radius 1 is 1.25 bits per heavy atom. The molecule has 0 saturated heterocycles. The lowest BCUT2D eigenvalue weighted by Gasteiger charge is -2.13. The number of rotatable bonds is 11. The van der Waals surface area contributed by atoms with Crippen molar-refractivity contribution in [1.82, 2.24) is 29.5 Å². The molecule has 2 N–H and O–H groups in total. The van der Waals surface area contributed by atoms with E-state index < -0.39 is 11.9 Å². The smallest absolute Gasteiger partial charge is 0.379 e. The summed E-state index contributed by atoms with van der Waals surface area (Å²) in [6, 6.07) is 5.30. The third-order valence-electron chi connectivity index (χ3n) is 5.96. The summed E-state index contributed by atoms with van der Waals surface area (Å²) >= 11 is 0. The fraction of sp³-hybridized carbons (Fsp3) is 0.357. The van der Waals surface area contributed by atoms with Crippen LogP contribution in [-0.4, -0.2) is 49.8 Å². The van der Waals surface area contributed by atoms with Gasteiger partial charge in [0, 0.05) is 43.0 Å². The topological polar surface area (TPSA) is 98.4 Å². The van der Waals surface area contributed by atoms with Crippen LogP contribution < -0.4 is 10.6 Å². The summed E-state index contributed by atoms with van der Waals surface area (Å²) in [7, 11) is 0. The minimum atomic E-state index is -4.68. The van der Waals surface area contributed by atoms with E-state index in [0.717, 1.165) is 10.2 Å². The van der Waals surface area contributed by atoms with Gasteiger partial charge in [0.05, 0.1) is 24.1 Å². The predicted octanol–water partition coefficient (Wildman–Crippen LogP) is 4.95. The van der Waals surface area contributed by atoms with Crippen LogP contribution in [0.15, 0.2) is 43.0 Å². The first-order valence-electron chi connectivity index (χ1n) is 12.8. The Balaban J connectivity index is 1.57. The van der Waals surface area contributed by atoms with Crippen LogP contribution in [0.25, 0.3) is 16.9 Å². The highest BCUT2D eigenvalue weighted by Crippen LogP contribution is 2.37. The molecule has 0 spiro atoms. The number of hydrogen-bond acceptors (Lipinski definition) is 6. The van der Waals surface area contributed by atoms with Gasteiger partial charge < -0.3 is 15.4 Å². The van der Waals surface area contributed by atoms with Crippen LogP contribution in [0.3, 0.4) is 0 Å². The number of hydrogen-bond donors (Lipinski definition) is 2. The molecule has 0 aliphatic rings. The molecule has 3 heterocycles. The number of nitrogens with zero attached hydrogens (tertiary/aromatic N) is 5. The molecule has 3 aromatic heterocycles. The first kappa shape index (κ1) is 28.6. The van der Waals surface area contributed by atoms with Crippen LogP contribution in [-0.2, 0) is 23.9 Å². The Labute approximate surface area is 229 Å². The molecule has 210 valence electrons. The van der Waals surface area contributed by atoms with Crippen LogP contribution in [0, 0.1) is 18.3 Å². The maximum Gasteiger partial charge on any atom is 0.435 e. The second kappa shape index (κ2) is 12.2. The quantitative estimate of drug-likeness (QED) is 0.201. The third kappa shape index (κ3) is 6.43. The third-order valence-corrected chi connectivity index (χ3v) is 5.96. The molecule has 0 aliphatic carbocycles. The average molecular weight is 554 g/mol. The zero-order valence-electron chi connectivity index (χ0n) is 22.4. The van der Waals surface area contributed by atoms with Crippen LogP contribution in [0.4, 0.5) is 24.7 Å². The van der Waals surface area contributed by atoms with Crippen molar-refractivity contribution in [2.75, 3.05) is 25.1 Å². The van der Waals surface area contributed by atoms with E-state index in [-0.39, 0.29) is 23.7 Å². The average Bonchev–Trinajstić information content (AvgIpc) is 3.53. The normalized spacial score (nSPS) is 11.7. The van der Waals surface area contributed by atoms with Crippen molar-refractivity contribution in [2.24, 2.45) is 5.92 Å². The number of benzene rings is 1. The number of carbonyl (C=O) groups excluding carboxylic acids is 1. The Morgan fingerprint density at radius 3 is 2.75 bits per heavy atom. The molecule has 12 heteroatoms. The second-order valence-electron chi connectivity index (χ2n) is 9.48. The van der Waals surface area contributed by atoms with Crippen LogP contribution in [0.1, 0.15) is 42.4 Å². The summed E-state index contributed by atoms with van der Waals surface area (Å²) in [6.07, 6.45) is 6.77. The number of aryl methyl sites for hydroxylation is 1. The highest BCUT2D eigenvalue weighted by molar-refractivity contribution is 5.96. The number of amides is 1. The number of carbonyl (C=O) groups is 1. The second-order valence-corrected chi connectivity index (χ2v) is 9.48. The minimum Gasteiger partial charge on any atom is -0.379 e. The number of anilines is 2. The molecule has 1 amide bonds. The van der Waals surface area contributed by atoms with Gasteiger partial charge in [-0.3, -0.25) is 13.9 Å². The lowest BCUT2D eigenvalue weighted by atomic mass is 10.0. The summed E-state index contributed by atoms with van der Waals surface area (Å²) in [5.74, 6) is 2.86. The number of ether oxygens (including phenoxy) is 1. The summed E-state index contributed by atoms with van der Waals surface area (Å²) in [5.41, 5.74) is 1.32. The van der Waals surface area contributed by atoms with Gasteiger partial charge in [0.1, 0.15) is 6.54 Å². The van der Waals surface area contributed by atoms with Crippen molar-refractivity contribution < 1.29 is 22.7 Å². The SMILES string of the molecule is C#CCn1cc(-c2cnc3c(Nc4ccc(C(=O)NCCOCC(C)C)c(CC)c4)nccn23)c(C(F)(F)F)n1. The molecule has 4 aromatic rings. The van der Waals surface area contributed by atoms with E-state index in [1.165, 1.54) is 29.2 Å². The number of aromatic nitrogens is 5. The fourth-order valence-corrected chi connectivity index (χ4v) is 4.17. The van der Waals surface area contributed by atoms with E-state index >= 15 is 0 Å². The summed E-state index contributed by atoms with van der Waals surface area (Å²) in [4.78, 5) is 21.4. The van der Waals surface area contributed by atoms with E-state index in [1.54, 1.807) is 12.1 Å². The lowest BCUT2D eigenvalue weighted by Crippen LogP contribution is -2.28. The number of fused-ring (bicyclic) bond motifs is 1. The molecule has 0 radical (unpaired) electrons. The van der Waals surface area contributed by atoms with E-state index in [9.17, 15) is 18.0 Å². The summed E-state index contributed by atoms with van der Waals surface area (Å²) in [5, 5.41) is 9.69. The maximum atomic E-state index is 13.7. The van der Waals surface area contributed by atoms with E-state index in [1.807, 2.05) is 13.0 Å². The van der Waals surface area contributed by atoms with E-state index in [0.29, 0.717) is 54.8 Å². The van der Waals surface area contributed by atoms with E-state index in [2.05, 4.69) is 45.5 Å². The number of alkyl halides is 3. The molecule has 0 bridgehead atoms. The number of halogens is 3. The van der Waals surface area contributed by atoms with Gasteiger partial charge >= 0.3 is 6.18 Å². The lowest BCUT2D eigenvalue weighted by molar-refractivity contribution is -0.141. The first-order chi connectivity index (χ1) is 19.1. The van der Waals surface area contributed by atoms with Crippen LogP contribution in [0.5, 0.6) is 0 Å². The molecule has 9 nitrogen and oxygen atoms in total. The molecule has 40 heavy (non-hydrogen) atoms. The minimum absolute atomic E-state index is 0.103. The Kier molecular flexibility index (Phi) is 8.74. The molecule has 0 unspecified atom stereocenters. The van der Waals surface area contributed by atoms with Crippen molar-refractivity contribution in [2.45, 2.75) is 39.9 Å². The molecule has 0 fully saturated rings. The number of terminal acetylenes is 1. The van der Waals surface area contributed by atoms with Crippen molar-refractivity contribution in [3.05, 3.63) is 59.8 Å². The van der Waals surface area contributed by atoms with Crippen molar-refractivity contribution in [3.8, 4) is 23.6 Å². The summed E-state index contributed by atoms with van der Waals surface area (Å²) < 4.78 is 49.3. The predicted molar refractivity (Wildman–Crippen MR) is 145 cm³/mol. The molecule has 0 aliphatic heterocycles. The standard InChI is InChI=1S/C28H30F3N7O2/c1-5-11-37-16-22(24(36-37)28(29,30)31)23-15-34-26-25(32-9-12-38(23)26)35-20-7-8-21(19(6-2)14-20)27(39)33-10-13-40-17-18(3)4/h1,7-9,12,14-16,18H,6,10-11,13,17H2,2-4H3,(H,32,35)(H,33,39). The molecular formula is C28H30F3N7O2. The van der Waals surface area contributed by atoms with Gasteiger partial charge in [-0.2, -0.15) is 18.3 Å². The number of nitrogens with one attached hydrogen (secondary N) is 2. The van der Waals surface area contributed by atoms with Crippen molar-refractivity contribution in [3.63, 3.8) is 0 Å². The van der Waals surface area contributed by atoms with Gasteiger partial charge in [-0.15, -0.1) is 6.42 Å². The van der Waals surface area contributed by atoms with Crippen LogP contribution >= 0.6 is 0 Å². The van der Waals surface area contributed by atoms with E-state index in [4.69, 9.17) is 11.2 Å². The highest BCUT2D eigenvalue weighted by atomic mass is 19.4. The largest absolute Gasteiger partial charge is 0.435 e. The fourth-order valence-electron chi connectivity index (χ4n) is 4.17. The molecule has 0 atom stereocenters. The van der Waals surface area contributed by atoms with Crippen molar-refractivity contribution in [1.29, 1.82) is 0 Å². The Morgan fingerprint density at radius 2 is 2.05 bits per heavy atom. The summed E-state index contributed by atoms with van der Waals surface area (Å²) in [6.45, 7) is 7.43. The van der Waals surface area contributed by atoms with Gasteiger partial charge in [0.2, 0.25) is 0 Å². The monoisotopic (exact) mass is 553 g/mol. The van der Waals surface area contributed by atoms with Gasteiger partial charge in [-0.25, -0.2) is 9.97 Å². The Hall–Kier alpha value is -4.37. The van der Waals surface area contributed by atoms with Gasteiger partial charge in [-0.1, -0.05) is 26.7 Å². The van der Waals surface area contributed by atoms with Crippen molar-refractivity contribution >= 4 is 23.1 Å². The zero-order valence-corrected chi connectivity index (χ0v) is 22.4. The number of imidazole rings is 1. The highest BCUT2D eigenvalue weighted by Gasteiger charge is 2.38. The van der Waals surface area contributed by atoms with Gasteiger partial charge in [0.15, 0.2) is 17.2 Å².